The summed E-state index contributed by atoms with van der Waals surface area (Å²) in [7, 11) is 2.13. The van der Waals surface area contributed by atoms with Gasteiger partial charge in [0.1, 0.15) is 28.9 Å². The molecule has 33 heavy (non-hydrogen) atoms. The van der Waals surface area contributed by atoms with Crippen molar-refractivity contribution in [2.45, 2.75) is 24.5 Å². The molecule has 0 fully saturated rings. The molecular formula is C18H15ClF8N4O2. The minimum Gasteiger partial charge on any atom is -0.396 e. The standard InChI is InChI=1S/C18H15ClF8N4O2/c1-29-13(12(17(22,23)24)14(28)16(20,21)18(25,26)27)10-6-11(33-31-10)7-3-4-9(19)8(5-7)15(32)30-2/h3-6,15,30,32H,28H2,1-2H3. The first kappa shape index (κ1) is 26.5. The summed E-state index contributed by atoms with van der Waals surface area (Å²) < 4.78 is 111. The molecule has 0 aliphatic heterocycles. The monoisotopic (exact) mass is 506 g/mol. The highest BCUT2D eigenvalue weighted by atomic mass is 35.5. The van der Waals surface area contributed by atoms with Crippen molar-refractivity contribution in [2.75, 3.05) is 14.1 Å². The van der Waals surface area contributed by atoms with Gasteiger partial charge in [-0.3, -0.25) is 10.3 Å². The number of alkyl halides is 8. The van der Waals surface area contributed by atoms with Crippen LogP contribution < -0.4 is 11.1 Å². The van der Waals surface area contributed by atoms with Crippen molar-refractivity contribution in [1.82, 2.24) is 10.5 Å². The van der Waals surface area contributed by atoms with E-state index in [9.17, 15) is 40.2 Å². The first-order valence-corrected chi connectivity index (χ1v) is 9.05. The lowest BCUT2D eigenvalue weighted by atomic mass is 10.00. The molecule has 0 spiro atoms. The Labute approximate surface area is 185 Å². The Bertz CT molecular complexity index is 1080. The maximum absolute atomic E-state index is 13.6. The second kappa shape index (κ2) is 9.27. The van der Waals surface area contributed by atoms with E-state index in [0.717, 1.165) is 13.1 Å². The maximum Gasteiger partial charge on any atom is 0.459 e. The van der Waals surface area contributed by atoms with Gasteiger partial charge < -0.3 is 15.4 Å². The summed E-state index contributed by atoms with van der Waals surface area (Å²) in [5.41, 5.74) is -2.54. The van der Waals surface area contributed by atoms with Gasteiger partial charge in [0.15, 0.2) is 5.76 Å². The van der Waals surface area contributed by atoms with Crippen LogP contribution in [0.15, 0.2) is 45.1 Å². The molecule has 0 amide bonds. The van der Waals surface area contributed by atoms with Crippen LogP contribution in [-0.2, 0) is 0 Å². The molecule has 1 unspecified atom stereocenters. The number of hydrogen-bond donors (Lipinski definition) is 3. The molecule has 4 N–H and O–H groups in total. The molecule has 6 nitrogen and oxygen atoms in total. The van der Waals surface area contributed by atoms with Crippen LogP contribution in [0.5, 0.6) is 0 Å². The minimum atomic E-state index is -6.39. The van der Waals surface area contributed by atoms with Gasteiger partial charge in [-0.25, -0.2) is 0 Å². The molecule has 0 bridgehead atoms. The van der Waals surface area contributed by atoms with Gasteiger partial charge in [-0.1, -0.05) is 16.8 Å². The molecular weight excluding hydrogens is 492 g/mol. The number of aromatic nitrogens is 1. The van der Waals surface area contributed by atoms with E-state index in [1.165, 1.54) is 25.2 Å². The fourth-order valence-electron chi connectivity index (χ4n) is 2.66. The third-order valence-electron chi connectivity index (χ3n) is 4.31. The van der Waals surface area contributed by atoms with E-state index in [4.69, 9.17) is 16.1 Å². The molecule has 0 aliphatic rings. The van der Waals surface area contributed by atoms with Crippen LogP contribution in [0.25, 0.3) is 11.3 Å². The number of nitrogens with one attached hydrogen (secondary N) is 1. The van der Waals surface area contributed by atoms with E-state index in [2.05, 4.69) is 21.2 Å². The van der Waals surface area contributed by atoms with Crippen LogP contribution in [0.4, 0.5) is 35.1 Å². The molecule has 182 valence electrons. The van der Waals surface area contributed by atoms with Gasteiger partial charge in [0.25, 0.3) is 0 Å². The summed E-state index contributed by atoms with van der Waals surface area (Å²) in [6.07, 6.45) is -13.4. The van der Waals surface area contributed by atoms with Crippen molar-refractivity contribution in [1.29, 1.82) is 0 Å². The lowest BCUT2D eigenvalue weighted by molar-refractivity contribution is -0.265. The number of aliphatic hydroxyl groups excluding tert-OH is 1. The van der Waals surface area contributed by atoms with Crippen molar-refractivity contribution in [3.63, 3.8) is 0 Å². The van der Waals surface area contributed by atoms with Crippen molar-refractivity contribution in [2.24, 2.45) is 10.7 Å². The zero-order valence-electron chi connectivity index (χ0n) is 16.6. The van der Waals surface area contributed by atoms with Crippen molar-refractivity contribution >= 4 is 17.3 Å². The number of rotatable bonds is 6. The van der Waals surface area contributed by atoms with Crippen LogP contribution in [0.2, 0.25) is 5.02 Å². The summed E-state index contributed by atoms with van der Waals surface area (Å²) >= 11 is 5.97. The molecule has 2 rings (SSSR count). The van der Waals surface area contributed by atoms with E-state index in [-0.39, 0.29) is 21.9 Å². The molecule has 1 aromatic carbocycles. The van der Waals surface area contributed by atoms with E-state index in [1.807, 2.05) is 0 Å². The highest BCUT2D eigenvalue weighted by Gasteiger charge is 2.62. The fourth-order valence-corrected chi connectivity index (χ4v) is 2.88. The van der Waals surface area contributed by atoms with Gasteiger partial charge >= 0.3 is 18.3 Å². The number of aliphatic hydroxyl groups is 1. The van der Waals surface area contributed by atoms with Crippen LogP contribution >= 0.6 is 11.6 Å². The SMILES string of the molecule is CN=C(C(=C(N)C(F)(F)C(F)(F)F)C(F)(F)F)c1cc(-c2ccc(Cl)c(C(O)NC)c2)on1. The third-order valence-corrected chi connectivity index (χ3v) is 4.65. The number of aliphatic imine (C=N–C) groups is 1. The van der Waals surface area contributed by atoms with Gasteiger partial charge in [-0.2, -0.15) is 35.1 Å². The van der Waals surface area contributed by atoms with Crippen molar-refractivity contribution in [3.05, 3.63) is 51.8 Å². The van der Waals surface area contributed by atoms with Gasteiger partial charge in [0, 0.05) is 29.3 Å². The Balaban J connectivity index is 2.64. The Morgan fingerprint density at radius 2 is 1.76 bits per heavy atom. The highest BCUT2D eigenvalue weighted by Crippen LogP contribution is 2.43. The Morgan fingerprint density at radius 3 is 2.24 bits per heavy atom. The van der Waals surface area contributed by atoms with E-state index >= 15 is 0 Å². The zero-order chi connectivity index (χ0) is 25.4. The van der Waals surface area contributed by atoms with E-state index < -0.39 is 47.2 Å². The smallest absolute Gasteiger partial charge is 0.396 e. The van der Waals surface area contributed by atoms with Crippen molar-refractivity contribution in [3.8, 4) is 11.3 Å². The number of allylic oxidation sites excluding steroid dienone is 2. The average molecular weight is 507 g/mol. The predicted molar refractivity (Wildman–Crippen MR) is 102 cm³/mol. The Kier molecular flexibility index (Phi) is 7.45. The van der Waals surface area contributed by atoms with Crippen LogP contribution in [0.1, 0.15) is 17.5 Å². The molecule has 0 saturated heterocycles. The number of halogens is 9. The second-order valence-electron chi connectivity index (χ2n) is 6.43. The van der Waals surface area contributed by atoms with Gasteiger partial charge in [0.05, 0.1) is 0 Å². The van der Waals surface area contributed by atoms with Crippen LogP contribution in [-0.4, -0.2) is 48.3 Å². The summed E-state index contributed by atoms with van der Waals surface area (Å²) in [4.78, 5) is 3.19. The van der Waals surface area contributed by atoms with Crippen LogP contribution in [0.3, 0.4) is 0 Å². The van der Waals surface area contributed by atoms with E-state index in [0.29, 0.717) is 0 Å². The summed E-state index contributed by atoms with van der Waals surface area (Å²) in [5, 5.41) is 15.8. The first-order chi connectivity index (χ1) is 15.1. The number of nitrogens with two attached hydrogens (primary N) is 1. The van der Waals surface area contributed by atoms with Crippen LogP contribution in [0, 0.1) is 0 Å². The number of nitrogens with zero attached hydrogens (tertiary/aromatic N) is 2. The molecule has 2 aromatic rings. The second-order valence-corrected chi connectivity index (χ2v) is 6.84. The molecule has 1 atom stereocenters. The average Bonchev–Trinajstić information content (AvgIpc) is 3.19. The lowest BCUT2D eigenvalue weighted by Crippen LogP contribution is -2.44. The molecule has 1 aromatic heterocycles. The first-order valence-electron chi connectivity index (χ1n) is 8.67. The molecule has 0 radical (unpaired) electrons. The summed E-state index contributed by atoms with van der Waals surface area (Å²) in [6, 6.07) is 4.79. The van der Waals surface area contributed by atoms with Gasteiger partial charge in [-0.15, -0.1) is 0 Å². The third kappa shape index (κ3) is 5.28. The predicted octanol–water partition coefficient (Wildman–Crippen LogP) is 4.60. The number of hydrogen-bond acceptors (Lipinski definition) is 6. The quantitative estimate of drug-likeness (QED) is 0.302. The van der Waals surface area contributed by atoms with E-state index in [1.54, 1.807) is 0 Å². The molecule has 1 heterocycles. The largest absolute Gasteiger partial charge is 0.459 e. The zero-order valence-corrected chi connectivity index (χ0v) is 17.4. The Morgan fingerprint density at radius 1 is 1.15 bits per heavy atom. The maximum atomic E-state index is 13.6. The Hall–Kier alpha value is -2.71. The number of benzene rings is 1. The lowest BCUT2D eigenvalue weighted by Gasteiger charge is -2.24. The molecule has 15 heteroatoms. The van der Waals surface area contributed by atoms with Gasteiger partial charge in [-0.05, 0) is 25.2 Å². The highest BCUT2D eigenvalue weighted by molar-refractivity contribution is 6.31. The summed E-state index contributed by atoms with van der Waals surface area (Å²) in [5.74, 6) is -6.23. The van der Waals surface area contributed by atoms with Crippen molar-refractivity contribution < 1.29 is 44.8 Å². The normalized spacial score (nSPS) is 15.5. The van der Waals surface area contributed by atoms with Gasteiger partial charge in [0.2, 0.25) is 0 Å². The molecule has 0 saturated carbocycles. The minimum absolute atomic E-state index is 0.126. The fraction of sp³-hybridized carbons (Fsp3) is 0.333. The molecule has 0 aliphatic carbocycles. The topological polar surface area (TPSA) is 96.7 Å². The summed E-state index contributed by atoms with van der Waals surface area (Å²) in [6.45, 7) is 0.